The number of anilines is 1. The number of hydrogen-bond acceptors (Lipinski definition) is 3. The van der Waals surface area contributed by atoms with Crippen LogP contribution in [0.2, 0.25) is 0 Å². The van der Waals surface area contributed by atoms with Gasteiger partial charge in [0.2, 0.25) is 0 Å². The minimum Gasteiger partial charge on any atom is -0.319 e. The third-order valence-corrected chi connectivity index (χ3v) is 3.14. The molecule has 0 fully saturated rings. The van der Waals surface area contributed by atoms with Gasteiger partial charge in [0.25, 0.3) is 5.91 Å². The number of nitrogens with zero attached hydrogens (tertiary/aromatic N) is 2. The van der Waals surface area contributed by atoms with Crippen LogP contribution in [0, 0.1) is 0 Å². The number of hydrogen-bond donors (Lipinski definition) is 1. The largest absolute Gasteiger partial charge is 0.319 e. The molecular formula is C11H7Br2N3O. The molecule has 1 aromatic heterocycles. The van der Waals surface area contributed by atoms with Crippen LogP contribution in [0.1, 0.15) is 10.4 Å². The molecule has 1 aromatic carbocycles. The number of benzene rings is 1. The number of nitrogens with one attached hydrogen (secondary N) is 1. The first-order valence-electron chi connectivity index (χ1n) is 4.68. The van der Waals surface area contributed by atoms with Gasteiger partial charge in [-0.25, -0.2) is 9.97 Å². The lowest BCUT2D eigenvalue weighted by Gasteiger charge is -2.06. The Balaban J connectivity index is 2.21. The van der Waals surface area contributed by atoms with Crippen LogP contribution in [-0.2, 0) is 0 Å². The molecule has 1 heterocycles. The van der Waals surface area contributed by atoms with Crippen molar-refractivity contribution >= 4 is 43.5 Å². The second-order valence-corrected chi connectivity index (χ2v) is 4.98. The van der Waals surface area contributed by atoms with Crippen molar-refractivity contribution in [2.75, 3.05) is 5.32 Å². The SMILES string of the molecule is O=C(Nc1cncnc1)c1ccc(Br)cc1Br. The van der Waals surface area contributed by atoms with Crippen LogP contribution in [0.4, 0.5) is 5.69 Å². The Morgan fingerprint density at radius 1 is 1.18 bits per heavy atom. The number of rotatable bonds is 2. The van der Waals surface area contributed by atoms with E-state index in [-0.39, 0.29) is 5.91 Å². The van der Waals surface area contributed by atoms with Gasteiger partial charge >= 0.3 is 0 Å². The van der Waals surface area contributed by atoms with Crippen LogP contribution < -0.4 is 5.32 Å². The summed E-state index contributed by atoms with van der Waals surface area (Å²) < 4.78 is 1.63. The van der Waals surface area contributed by atoms with E-state index in [1.807, 2.05) is 6.07 Å². The standard InChI is InChI=1S/C11H7Br2N3O/c12-7-1-2-9(10(13)3-7)11(17)16-8-4-14-6-15-5-8/h1-6H,(H,16,17). The zero-order chi connectivity index (χ0) is 12.3. The Labute approximate surface area is 115 Å². The Hall–Kier alpha value is -1.27. The Morgan fingerprint density at radius 2 is 1.88 bits per heavy atom. The monoisotopic (exact) mass is 355 g/mol. The van der Waals surface area contributed by atoms with Crippen molar-refractivity contribution in [2.24, 2.45) is 0 Å². The third kappa shape index (κ3) is 3.10. The van der Waals surface area contributed by atoms with E-state index in [2.05, 4.69) is 47.1 Å². The van der Waals surface area contributed by atoms with Gasteiger partial charge in [-0.1, -0.05) is 15.9 Å². The van der Waals surface area contributed by atoms with Crippen molar-refractivity contribution in [3.8, 4) is 0 Å². The zero-order valence-corrected chi connectivity index (χ0v) is 11.7. The van der Waals surface area contributed by atoms with E-state index < -0.39 is 0 Å². The lowest BCUT2D eigenvalue weighted by atomic mass is 10.2. The van der Waals surface area contributed by atoms with Gasteiger partial charge in [0, 0.05) is 8.95 Å². The molecule has 17 heavy (non-hydrogen) atoms. The summed E-state index contributed by atoms with van der Waals surface area (Å²) in [6.45, 7) is 0. The Kier molecular flexibility index (Phi) is 3.86. The number of amides is 1. The summed E-state index contributed by atoms with van der Waals surface area (Å²) in [5, 5.41) is 2.71. The second kappa shape index (κ2) is 5.37. The average molecular weight is 357 g/mol. The summed E-state index contributed by atoms with van der Waals surface area (Å²) in [7, 11) is 0. The Bertz CT molecular complexity index is 546. The summed E-state index contributed by atoms with van der Waals surface area (Å²) in [6.07, 6.45) is 4.49. The van der Waals surface area contributed by atoms with Gasteiger partial charge in [0.15, 0.2) is 0 Å². The average Bonchev–Trinajstić information content (AvgIpc) is 2.30. The number of halogens is 2. The molecule has 6 heteroatoms. The zero-order valence-electron chi connectivity index (χ0n) is 8.52. The quantitative estimate of drug-likeness (QED) is 0.898. The minimum atomic E-state index is -0.209. The van der Waals surface area contributed by atoms with E-state index in [0.29, 0.717) is 11.3 Å². The topological polar surface area (TPSA) is 54.9 Å². The van der Waals surface area contributed by atoms with E-state index in [9.17, 15) is 4.79 Å². The molecule has 2 rings (SSSR count). The fourth-order valence-electron chi connectivity index (χ4n) is 1.24. The fourth-order valence-corrected chi connectivity index (χ4v) is 2.46. The maximum atomic E-state index is 11.9. The molecular weight excluding hydrogens is 350 g/mol. The molecule has 1 N–H and O–H groups in total. The van der Waals surface area contributed by atoms with Crippen LogP contribution in [0.25, 0.3) is 0 Å². The van der Waals surface area contributed by atoms with Crippen LogP contribution in [0.5, 0.6) is 0 Å². The second-order valence-electron chi connectivity index (χ2n) is 3.21. The lowest BCUT2D eigenvalue weighted by molar-refractivity contribution is 0.102. The summed E-state index contributed by atoms with van der Waals surface area (Å²) in [5.41, 5.74) is 1.12. The molecule has 0 saturated heterocycles. The molecule has 0 radical (unpaired) electrons. The van der Waals surface area contributed by atoms with E-state index in [0.717, 1.165) is 8.95 Å². The predicted molar refractivity (Wildman–Crippen MR) is 71.8 cm³/mol. The van der Waals surface area contributed by atoms with E-state index in [1.165, 1.54) is 18.7 Å². The number of aromatic nitrogens is 2. The minimum absolute atomic E-state index is 0.209. The van der Waals surface area contributed by atoms with Crippen LogP contribution in [0.3, 0.4) is 0 Å². The first kappa shape index (κ1) is 12.2. The molecule has 0 aliphatic rings. The molecule has 0 bridgehead atoms. The molecule has 0 aliphatic heterocycles. The van der Waals surface area contributed by atoms with Crippen LogP contribution in [0.15, 0.2) is 45.9 Å². The van der Waals surface area contributed by atoms with Gasteiger partial charge in [-0.15, -0.1) is 0 Å². The van der Waals surface area contributed by atoms with Crippen LogP contribution >= 0.6 is 31.9 Å². The van der Waals surface area contributed by atoms with Crippen molar-refractivity contribution in [1.29, 1.82) is 0 Å². The van der Waals surface area contributed by atoms with Gasteiger partial charge in [0.05, 0.1) is 23.6 Å². The van der Waals surface area contributed by atoms with Gasteiger partial charge in [-0.2, -0.15) is 0 Å². The highest BCUT2D eigenvalue weighted by molar-refractivity contribution is 9.11. The summed E-state index contributed by atoms with van der Waals surface area (Å²) in [5.74, 6) is -0.209. The maximum absolute atomic E-state index is 11.9. The van der Waals surface area contributed by atoms with E-state index >= 15 is 0 Å². The molecule has 1 amide bonds. The fraction of sp³-hybridized carbons (Fsp3) is 0. The van der Waals surface area contributed by atoms with E-state index in [4.69, 9.17) is 0 Å². The van der Waals surface area contributed by atoms with Gasteiger partial charge < -0.3 is 5.32 Å². The molecule has 0 saturated carbocycles. The molecule has 0 unspecified atom stereocenters. The van der Waals surface area contributed by atoms with Gasteiger partial charge in [0.1, 0.15) is 6.33 Å². The Morgan fingerprint density at radius 3 is 2.53 bits per heavy atom. The van der Waals surface area contributed by atoms with Gasteiger partial charge in [-0.3, -0.25) is 4.79 Å². The maximum Gasteiger partial charge on any atom is 0.256 e. The first-order chi connectivity index (χ1) is 8.16. The summed E-state index contributed by atoms with van der Waals surface area (Å²) in [4.78, 5) is 19.6. The molecule has 0 aliphatic carbocycles. The highest BCUT2D eigenvalue weighted by atomic mass is 79.9. The number of carbonyl (C=O) groups excluding carboxylic acids is 1. The third-order valence-electron chi connectivity index (χ3n) is 1.99. The van der Waals surface area contributed by atoms with Crippen molar-refractivity contribution in [3.05, 3.63) is 51.4 Å². The molecule has 86 valence electrons. The summed E-state index contributed by atoms with van der Waals surface area (Å²) in [6, 6.07) is 5.35. The molecule has 0 atom stereocenters. The summed E-state index contributed by atoms with van der Waals surface area (Å²) >= 11 is 6.67. The van der Waals surface area contributed by atoms with Crippen molar-refractivity contribution < 1.29 is 4.79 Å². The van der Waals surface area contributed by atoms with Crippen molar-refractivity contribution in [3.63, 3.8) is 0 Å². The highest BCUT2D eigenvalue weighted by Gasteiger charge is 2.10. The van der Waals surface area contributed by atoms with Crippen molar-refractivity contribution in [2.45, 2.75) is 0 Å². The lowest BCUT2D eigenvalue weighted by Crippen LogP contribution is -2.12. The van der Waals surface area contributed by atoms with Crippen molar-refractivity contribution in [1.82, 2.24) is 9.97 Å². The normalized spacial score (nSPS) is 10.0. The van der Waals surface area contributed by atoms with E-state index in [1.54, 1.807) is 12.1 Å². The first-order valence-corrected chi connectivity index (χ1v) is 6.27. The molecule has 4 nitrogen and oxygen atoms in total. The molecule has 2 aromatic rings. The van der Waals surface area contributed by atoms with Crippen LogP contribution in [-0.4, -0.2) is 15.9 Å². The molecule has 0 spiro atoms. The predicted octanol–water partition coefficient (Wildman–Crippen LogP) is 3.25. The highest BCUT2D eigenvalue weighted by Crippen LogP contribution is 2.22. The number of carbonyl (C=O) groups is 1. The van der Waals surface area contributed by atoms with Gasteiger partial charge in [-0.05, 0) is 34.1 Å². The smallest absolute Gasteiger partial charge is 0.256 e.